The van der Waals surface area contributed by atoms with E-state index >= 15 is 0 Å². The molecule has 26 heavy (non-hydrogen) atoms. The third-order valence-electron chi connectivity index (χ3n) is 8.31. The predicted octanol–water partition coefficient (Wildman–Crippen LogP) is 1.95. The Kier molecular flexibility index (Phi) is 3.29. The first-order valence-electron chi connectivity index (χ1n) is 9.71. The molecule has 142 valence electrons. The quantitative estimate of drug-likeness (QED) is 0.718. The maximum Gasteiger partial charge on any atom is 0.333 e. The molecule has 0 amide bonds. The van der Waals surface area contributed by atoms with E-state index in [1.807, 2.05) is 0 Å². The summed E-state index contributed by atoms with van der Waals surface area (Å²) in [5.74, 6) is 0.0100. The van der Waals surface area contributed by atoms with Crippen LogP contribution in [-0.4, -0.2) is 41.6 Å². The Hall–Kier alpha value is -1.40. The molecule has 2 aliphatic carbocycles. The average molecular weight is 362 g/mol. The first-order chi connectivity index (χ1) is 12.2. The van der Waals surface area contributed by atoms with Crippen molar-refractivity contribution in [3.63, 3.8) is 0 Å². The highest BCUT2D eigenvalue weighted by Crippen LogP contribution is 2.68. The van der Waals surface area contributed by atoms with Crippen molar-refractivity contribution < 1.29 is 28.9 Å². The van der Waals surface area contributed by atoms with Gasteiger partial charge >= 0.3 is 11.9 Å². The molecular formula is C20H26O6. The summed E-state index contributed by atoms with van der Waals surface area (Å²) in [5, 5.41) is 10.1. The number of aliphatic hydroxyl groups is 1. The maximum absolute atomic E-state index is 12.5. The minimum Gasteiger partial charge on any atom is -0.462 e. The molecule has 5 rings (SSSR count). The number of cyclic esters (lactones) is 1. The fourth-order valence-electron chi connectivity index (χ4n) is 6.91. The molecule has 1 unspecified atom stereocenters. The van der Waals surface area contributed by atoms with Crippen LogP contribution in [0.1, 0.15) is 46.5 Å². The summed E-state index contributed by atoms with van der Waals surface area (Å²) < 4.78 is 17.1. The van der Waals surface area contributed by atoms with Gasteiger partial charge in [-0.25, -0.2) is 4.79 Å². The molecular weight excluding hydrogens is 336 g/mol. The molecule has 0 radical (unpaired) electrons. The van der Waals surface area contributed by atoms with Gasteiger partial charge < -0.3 is 19.3 Å². The number of hydrogen-bond acceptors (Lipinski definition) is 6. The number of esters is 2. The molecule has 0 aromatic heterocycles. The first-order valence-corrected chi connectivity index (χ1v) is 9.71. The lowest BCUT2D eigenvalue weighted by molar-refractivity contribution is -0.245. The van der Waals surface area contributed by atoms with Crippen molar-refractivity contribution >= 4 is 11.9 Å². The van der Waals surface area contributed by atoms with E-state index in [1.165, 1.54) is 6.08 Å². The third-order valence-corrected chi connectivity index (χ3v) is 8.31. The maximum atomic E-state index is 12.5. The van der Waals surface area contributed by atoms with E-state index in [-0.39, 0.29) is 46.9 Å². The highest BCUT2D eigenvalue weighted by Gasteiger charge is 2.71. The fraction of sp³-hybridized carbons (Fsp3) is 0.800. The van der Waals surface area contributed by atoms with E-state index in [0.29, 0.717) is 11.5 Å². The molecule has 0 spiro atoms. The van der Waals surface area contributed by atoms with Crippen LogP contribution in [0.3, 0.4) is 0 Å². The molecule has 0 bridgehead atoms. The number of rotatable bonds is 1. The Morgan fingerprint density at radius 2 is 1.96 bits per heavy atom. The lowest BCUT2D eigenvalue weighted by atomic mass is 9.42. The van der Waals surface area contributed by atoms with Gasteiger partial charge in [-0.1, -0.05) is 20.8 Å². The number of carbonyl (C=O) groups is 2. The van der Waals surface area contributed by atoms with Crippen LogP contribution in [-0.2, 0) is 23.8 Å². The second kappa shape index (κ2) is 5.10. The van der Waals surface area contributed by atoms with E-state index < -0.39 is 12.3 Å². The number of carbonyl (C=O) groups excluding carboxylic acids is 2. The van der Waals surface area contributed by atoms with E-state index in [4.69, 9.17) is 14.2 Å². The zero-order valence-corrected chi connectivity index (χ0v) is 15.4. The molecule has 6 nitrogen and oxygen atoms in total. The molecule has 9 atom stereocenters. The van der Waals surface area contributed by atoms with Crippen LogP contribution < -0.4 is 0 Å². The minimum absolute atomic E-state index is 0.00329. The van der Waals surface area contributed by atoms with Crippen LogP contribution in [0.2, 0.25) is 0 Å². The van der Waals surface area contributed by atoms with Crippen LogP contribution in [0.25, 0.3) is 0 Å². The number of hydrogen-bond donors (Lipinski definition) is 1. The summed E-state index contributed by atoms with van der Waals surface area (Å²) in [6, 6.07) is 0. The Morgan fingerprint density at radius 1 is 1.19 bits per heavy atom. The summed E-state index contributed by atoms with van der Waals surface area (Å²) in [7, 11) is 0. The third kappa shape index (κ3) is 1.89. The lowest BCUT2D eigenvalue weighted by Gasteiger charge is -2.64. The van der Waals surface area contributed by atoms with Crippen molar-refractivity contribution in [2.45, 2.75) is 71.1 Å². The van der Waals surface area contributed by atoms with Crippen LogP contribution in [0.15, 0.2) is 11.6 Å². The van der Waals surface area contributed by atoms with Gasteiger partial charge in [0.15, 0.2) is 0 Å². The summed E-state index contributed by atoms with van der Waals surface area (Å²) >= 11 is 0. The summed E-state index contributed by atoms with van der Waals surface area (Å²) in [6.07, 6.45) is 3.00. The van der Waals surface area contributed by atoms with E-state index in [2.05, 4.69) is 20.8 Å². The van der Waals surface area contributed by atoms with Gasteiger partial charge in [-0.3, -0.25) is 4.79 Å². The monoisotopic (exact) mass is 362 g/mol. The smallest absolute Gasteiger partial charge is 0.333 e. The largest absolute Gasteiger partial charge is 0.462 e. The van der Waals surface area contributed by atoms with Crippen molar-refractivity contribution in [2.75, 3.05) is 0 Å². The molecule has 0 aromatic carbocycles. The second-order valence-electron chi connectivity index (χ2n) is 9.34. The first kappa shape index (κ1) is 16.8. The SMILES string of the molecule is C[C@@H]1C[C@@H]2OC(=O)[C@@H]3CC[C@H]4O[C@H](C5=CC(=O)OC5O)C[C@]1(C)[C@@H]4[C@]23C. The fourth-order valence-corrected chi connectivity index (χ4v) is 6.91. The van der Waals surface area contributed by atoms with E-state index in [0.717, 1.165) is 25.7 Å². The van der Waals surface area contributed by atoms with Gasteiger partial charge in [-0.2, -0.15) is 0 Å². The zero-order chi connectivity index (χ0) is 18.4. The summed E-state index contributed by atoms with van der Waals surface area (Å²) in [5.41, 5.74) is 0.300. The van der Waals surface area contributed by atoms with Crippen LogP contribution in [0.5, 0.6) is 0 Å². The zero-order valence-electron chi connectivity index (χ0n) is 15.4. The topological polar surface area (TPSA) is 82.1 Å². The second-order valence-corrected chi connectivity index (χ2v) is 9.34. The van der Waals surface area contributed by atoms with Gasteiger partial charge in [0, 0.05) is 23.0 Å². The molecule has 2 saturated carbocycles. The average Bonchev–Trinajstić information content (AvgIpc) is 3.02. The Morgan fingerprint density at radius 3 is 2.65 bits per heavy atom. The van der Waals surface area contributed by atoms with E-state index in [1.54, 1.807) is 0 Å². The van der Waals surface area contributed by atoms with Gasteiger partial charge in [-0.15, -0.1) is 0 Å². The Bertz CT molecular complexity index is 715. The van der Waals surface area contributed by atoms with Crippen molar-refractivity contribution in [2.24, 2.45) is 28.6 Å². The molecule has 2 saturated heterocycles. The molecule has 5 aliphatic rings. The van der Waals surface area contributed by atoms with Gasteiger partial charge in [0.05, 0.1) is 18.1 Å². The van der Waals surface area contributed by atoms with Crippen molar-refractivity contribution in [3.05, 3.63) is 11.6 Å². The summed E-state index contributed by atoms with van der Waals surface area (Å²) in [4.78, 5) is 24.0. The molecule has 1 N–H and O–H groups in total. The number of ether oxygens (including phenoxy) is 3. The van der Waals surface area contributed by atoms with Crippen molar-refractivity contribution in [1.82, 2.24) is 0 Å². The predicted molar refractivity (Wildman–Crippen MR) is 89.5 cm³/mol. The normalized spacial score (nSPS) is 55.1. The standard InChI is InChI=1S/C20H26O6/c1-9-6-14-20(3)11(18(23)25-14)4-5-12-16(20)19(9,2)8-13(24-12)10-7-15(21)26-17(10)22/h7,9,11-14,16-17,22H,4-6,8H2,1-3H3/t9-,11+,12-,13+,14+,16-,17?,19+,20+/m1/s1. The summed E-state index contributed by atoms with van der Waals surface area (Å²) in [6.45, 7) is 6.74. The van der Waals surface area contributed by atoms with Gasteiger partial charge in [-0.05, 0) is 37.0 Å². The minimum atomic E-state index is -1.21. The lowest BCUT2D eigenvalue weighted by Crippen LogP contribution is -2.65. The van der Waals surface area contributed by atoms with Gasteiger partial charge in [0.1, 0.15) is 6.10 Å². The molecule has 4 fully saturated rings. The highest BCUT2D eigenvalue weighted by molar-refractivity contribution is 5.85. The van der Waals surface area contributed by atoms with Crippen molar-refractivity contribution in [1.29, 1.82) is 0 Å². The molecule has 6 heteroatoms. The number of aliphatic hydroxyl groups excluding tert-OH is 1. The van der Waals surface area contributed by atoms with Gasteiger partial charge in [0.2, 0.25) is 6.29 Å². The Balaban J connectivity index is 1.56. The molecule has 3 aliphatic heterocycles. The van der Waals surface area contributed by atoms with Crippen LogP contribution in [0, 0.1) is 28.6 Å². The highest BCUT2D eigenvalue weighted by atomic mass is 16.6. The molecule has 3 heterocycles. The molecule has 0 aromatic rings. The Labute approximate surface area is 152 Å². The van der Waals surface area contributed by atoms with Gasteiger partial charge in [0.25, 0.3) is 0 Å². The van der Waals surface area contributed by atoms with Crippen LogP contribution >= 0.6 is 0 Å². The van der Waals surface area contributed by atoms with Crippen molar-refractivity contribution in [3.8, 4) is 0 Å². The van der Waals surface area contributed by atoms with Crippen LogP contribution in [0.4, 0.5) is 0 Å². The van der Waals surface area contributed by atoms with E-state index in [9.17, 15) is 14.7 Å².